The smallest absolute Gasteiger partial charge is 0.329 e. The molecule has 0 bridgehead atoms. The molecule has 2 aromatic rings. The van der Waals surface area contributed by atoms with Gasteiger partial charge in [-0.05, 0) is 73.0 Å². The van der Waals surface area contributed by atoms with Gasteiger partial charge >= 0.3 is 11.8 Å². The minimum Gasteiger partial charge on any atom is -0.331 e. The predicted octanol–water partition coefficient (Wildman–Crippen LogP) is 2.33. The third-order valence-electron chi connectivity index (χ3n) is 2.99. The molecule has 0 aliphatic rings. The summed E-state index contributed by atoms with van der Waals surface area (Å²) in [6.07, 6.45) is 0. The van der Waals surface area contributed by atoms with Gasteiger partial charge in [0.15, 0.2) is 10.2 Å². The summed E-state index contributed by atoms with van der Waals surface area (Å²) in [4.78, 5) is 23.5. The highest BCUT2D eigenvalue weighted by atomic mass is 35.5. The summed E-state index contributed by atoms with van der Waals surface area (Å²) in [5.74, 6) is -1.97. The van der Waals surface area contributed by atoms with E-state index in [0.29, 0.717) is 21.4 Å². The molecule has 0 unspecified atom stereocenters. The number of rotatable bonds is 2. The lowest BCUT2D eigenvalue weighted by Gasteiger charge is -2.13. The molecule has 0 spiro atoms. The first-order valence-electron chi connectivity index (χ1n) is 7.59. The highest BCUT2D eigenvalue weighted by molar-refractivity contribution is 7.80. The summed E-state index contributed by atoms with van der Waals surface area (Å²) in [5, 5.41) is 6.92. The topological polar surface area (TPSA) is 106 Å². The van der Waals surface area contributed by atoms with Crippen LogP contribution < -0.4 is 32.3 Å². The van der Waals surface area contributed by atoms with Crippen LogP contribution in [0.2, 0.25) is 10.0 Å². The van der Waals surface area contributed by atoms with Gasteiger partial charge in [-0.2, -0.15) is 0 Å². The fourth-order valence-electron chi connectivity index (χ4n) is 1.73. The third kappa shape index (κ3) is 7.53. The Bertz CT molecular complexity index is 804. The number of hydrogen-bond acceptors (Lipinski definition) is 4. The number of halogens is 2. The van der Waals surface area contributed by atoms with Gasteiger partial charge in [0.25, 0.3) is 0 Å². The first-order chi connectivity index (χ1) is 13.3. The van der Waals surface area contributed by atoms with Crippen molar-refractivity contribution in [3.63, 3.8) is 0 Å². The summed E-state index contributed by atoms with van der Waals surface area (Å²) >= 11 is 21.6. The maximum atomic E-state index is 11.7. The van der Waals surface area contributed by atoms with Gasteiger partial charge in [-0.3, -0.25) is 31.3 Å². The van der Waals surface area contributed by atoms with Crippen molar-refractivity contribution in [2.75, 3.05) is 10.6 Å². The summed E-state index contributed by atoms with van der Waals surface area (Å²) in [6, 6.07) is 13.5. The number of amides is 2. The van der Waals surface area contributed by atoms with Gasteiger partial charge in [0.05, 0.1) is 0 Å². The molecule has 0 atom stereocenters. The lowest BCUT2D eigenvalue weighted by atomic mass is 10.3. The number of thiocarbonyl (C=S) groups is 2. The number of carbonyl (C=O) groups is 2. The van der Waals surface area contributed by atoms with Gasteiger partial charge in [-0.1, -0.05) is 23.2 Å². The fourth-order valence-corrected chi connectivity index (χ4v) is 2.32. The Morgan fingerprint density at radius 1 is 0.607 bits per heavy atom. The van der Waals surface area contributed by atoms with Crippen LogP contribution in [0.25, 0.3) is 0 Å². The van der Waals surface area contributed by atoms with Crippen molar-refractivity contribution >= 4 is 81.1 Å². The molecular weight excluding hydrogens is 443 g/mol. The summed E-state index contributed by atoms with van der Waals surface area (Å²) in [5.41, 5.74) is 10.4. The summed E-state index contributed by atoms with van der Waals surface area (Å²) in [6.45, 7) is 0. The predicted molar refractivity (Wildman–Crippen MR) is 118 cm³/mol. The second-order valence-electron chi connectivity index (χ2n) is 5.08. The van der Waals surface area contributed by atoms with E-state index in [9.17, 15) is 9.59 Å². The Balaban J connectivity index is 1.69. The molecular formula is C16H14Cl2N6O2S2. The molecule has 0 radical (unpaired) electrons. The van der Waals surface area contributed by atoms with E-state index < -0.39 is 11.8 Å². The molecule has 0 fully saturated rings. The van der Waals surface area contributed by atoms with Crippen LogP contribution in [0.5, 0.6) is 0 Å². The molecule has 8 nitrogen and oxygen atoms in total. The van der Waals surface area contributed by atoms with E-state index in [1.165, 1.54) is 0 Å². The molecule has 6 N–H and O–H groups in total. The molecule has 2 amide bonds. The minimum atomic E-state index is -0.984. The molecule has 0 aromatic heterocycles. The molecule has 0 aliphatic heterocycles. The fraction of sp³-hybridized carbons (Fsp3) is 0. The van der Waals surface area contributed by atoms with E-state index >= 15 is 0 Å². The molecule has 2 rings (SSSR count). The average molecular weight is 457 g/mol. The number of nitrogens with one attached hydrogen (secondary N) is 6. The Morgan fingerprint density at radius 2 is 0.929 bits per heavy atom. The minimum absolute atomic E-state index is 0.0800. The van der Waals surface area contributed by atoms with Crippen LogP contribution in [0, 0.1) is 0 Å². The van der Waals surface area contributed by atoms with Crippen molar-refractivity contribution in [3.8, 4) is 0 Å². The molecule has 28 heavy (non-hydrogen) atoms. The average Bonchev–Trinajstić information content (AvgIpc) is 2.67. The molecule has 0 heterocycles. The van der Waals surface area contributed by atoms with E-state index in [-0.39, 0.29) is 10.2 Å². The number of hydrogen-bond donors (Lipinski definition) is 6. The Morgan fingerprint density at radius 3 is 1.25 bits per heavy atom. The number of carbonyl (C=O) groups excluding carboxylic acids is 2. The summed E-state index contributed by atoms with van der Waals surface area (Å²) < 4.78 is 0. The standard InChI is InChI=1S/C16H14Cl2N6O2S2/c17-9-1-5-11(6-2-9)19-15(27)23-21-13(25)14(26)22-24-16(28)20-12-7-3-10(18)4-8-12/h1-8H,(H,21,25)(H,22,26)(H2,19,23,27)(H2,20,24,28). The molecule has 0 saturated heterocycles. The monoisotopic (exact) mass is 456 g/mol. The van der Waals surface area contributed by atoms with Crippen molar-refractivity contribution in [2.45, 2.75) is 0 Å². The lowest BCUT2D eigenvalue weighted by molar-refractivity contribution is -0.139. The van der Waals surface area contributed by atoms with E-state index in [0.717, 1.165) is 0 Å². The van der Waals surface area contributed by atoms with E-state index in [2.05, 4.69) is 32.3 Å². The van der Waals surface area contributed by atoms with Crippen molar-refractivity contribution in [1.82, 2.24) is 21.7 Å². The van der Waals surface area contributed by atoms with Crippen LogP contribution in [-0.4, -0.2) is 22.0 Å². The van der Waals surface area contributed by atoms with Crippen LogP contribution in [0.15, 0.2) is 48.5 Å². The summed E-state index contributed by atoms with van der Waals surface area (Å²) in [7, 11) is 0. The van der Waals surface area contributed by atoms with Crippen molar-refractivity contribution in [2.24, 2.45) is 0 Å². The molecule has 0 saturated carbocycles. The van der Waals surface area contributed by atoms with Crippen LogP contribution in [0.4, 0.5) is 11.4 Å². The normalized spacial score (nSPS) is 9.64. The van der Waals surface area contributed by atoms with E-state index in [4.69, 9.17) is 47.6 Å². The van der Waals surface area contributed by atoms with Gasteiger partial charge in [0, 0.05) is 21.4 Å². The van der Waals surface area contributed by atoms with Gasteiger partial charge in [-0.15, -0.1) is 0 Å². The van der Waals surface area contributed by atoms with Crippen LogP contribution in [-0.2, 0) is 9.59 Å². The van der Waals surface area contributed by atoms with Gasteiger partial charge in [0.1, 0.15) is 0 Å². The first-order valence-corrected chi connectivity index (χ1v) is 9.16. The maximum Gasteiger partial charge on any atom is 0.329 e. The van der Waals surface area contributed by atoms with E-state index in [1.54, 1.807) is 48.5 Å². The van der Waals surface area contributed by atoms with Crippen molar-refractivity contribution in [3.05, 3.63) is 58.6 Å². The number of hydrazine groups is 2. The molecule has 146 valence electrons. The highest BCUT2D eigenvalue weighted by Gasteiger charge is 2.13. The highest BCUT2D eigenvalue weighted by Crippen LogP contribution is 2.13. The van der Waals surface area contributed by atoms with Crippen molar-refractivity contribution in [1.29, 1.82) is 0 Å². The van der Waals surface area contributed by atoms with Crippen LogP contribution in [0.3, 0.4) is 0 Å². The zero-order chi connectivity index (χ0) is 20.5. The third-order valence-corrected chi connectivity index (χ3v) is 3.90. The van der Waals surface area contributed by atoms with E-state index in [1.807, 2.05) is 0 Å². The number of benzene rings is 2. The first kappa shape index (κ1) is 21.6. The Labute approximate surface area is 181 Å². The Kier molecular flexibility index (Phi) is 8.20. The van der Waals surface area contributed by atoms with Crippen LogP contribution in [0.1, 0.15) is 0 Å². The second kappa shape index (κ2) is 10.6. The number of anilines is 2. The molecule has 2 aromatic carbocycles. The SMILES string of the molecule is O=C(NNC(=S)Nc1ccc(Cl)cc1)C(=O)NNC(=S)Nc1ccc(Cl)cc1. The molecule has 12 heteroatoms. The van der Waals surface area contributed by atoms with Gasteiger partial charge < -0.3 is 10.6 Å². The Hall–Kier alpha value is -2.66. The quantitative estimate of drug-likeness (QED) is 0.232. The second-order valence-corrected chi connectivity index (χ2v) is 6.77. The van der Waals surface area contributed by atoms with Gasteiger partial charge in [-0.25, -0.2) is 0 Å². The van der Waals surface area contributed by atoms with Crippen LogP contribution >= 0.6 is 47.6 Å². The van der Waals surface area contributed by atoms with Gasteiger partial charge in [0.2, 0.25) is 0 Å². The largest absolute Gasteiger partial charge is 0.331 e. The lowest BCUT2D eigenvalue weighted by Crippen LogP contribution is -2.53. The zero-order valence-corrected chi connectivity index (χ0v) is 17.2. The van der Waals surface area contributed by atoms with Crippen molar-refractivity contribution < 1.29 is 9.59 Å². The maximum absolute atomic E-state index is 11.7. The molecule has 0 aliphatic carbocycles. The zero-order valence-electron chi connectivity index (χ0n) is 14.0.